The van der Waals surface area contributed by atoms with E-state index in [-0.39, 0.29) is 5.91 Å². The molecule has 4 N–H and O–H groups in total. The predicted molar refractivity (Wildman–Crippen MR) is 84.3 cm³/mol. The van der Waals surface area contributed by atoms with Crippen molar-refractivity contribution in [2.24, 2.45) is 23.5 Å². The monoisotopic (exact) mass is 287 g/mol. The zero-order valence-electron chi connectivity index (χ0n) is 12.5. The first-order valence-electron chi connectivity index (χ1n) is 7.96. The van der Waals surface area contributed by atoms with E-state index < -0.39 is 0 Å². The molecule has 1 aromatic carbocycles. The second-order valence-corrected chi connectivity index (χ2v) is 6.77. The van der Waals surface area contributed by atoms with Gasteiger partial charge in [0.1, 0.15) is 0 Å². The Kier molecular flexibility index (Phi) is 4.15. The van der Waals surface area contributed by atoms with Gasteiger partial charge in [-0.25, -0.2) is 0 Å². The Balaban J connectivity index is 1.66. The molecule has 4 nitrogen and oxygen atoms in total. The number of carbonyl (C=O) groups excluding carboxylic acids is 1. The summed E-state index contributed by atoms with van der Waals surface area (Å²) >= 11 is 0. The van der Waals surface area contributed by atoms with Gasteiger partial charge < -0.3 is 11.5 Å². The highest BCUT2D eigenvalue weighted by molar-refractivity contribution is 5.75. The van der Waals surface area contributed by atoms with Crippen LogP contribution in [0.2, 0.25) is 0 Å². The molecule has 114 valence electrons. The molecular formula is C17H25N3O. The van der Waals surface area contributed by atoms with Gasteiger partial charge in [0.2, 0.25) is 5.91 Å². The van der Waals surface area contributed by atoms with E-state index in [1.165, 1.54) is 25.7 Å². The van der Waals surface area contributed by atoms with Crippen molar-refractivity contribution in [2.45, 2.75) is 32.2 Å². The number of primary amides is 1. The topological polar surface area (TPSA) is 72.4 Å². The van der Waals surface area contributed by atoms with E-state index >= 15 is 0 Å². The van der Waals surface area contributed by atoms with E-state index in [1.54, 1.807) is 0 Å². The standard InChI is InChI=1S/C17H25N3O/c18-16-4-2-1-3-14(16)9-20(11-17(19)21)10-15-8-12-5-6-13(15)7-12/h1-4,12-13,15H,5-11,18H2,(H2,19,21). The average molecular weight is 287 g/mol. The van der Waals surface area contributed by atoms with Crippen molar-refractivity contribution >= 4 is 11.6 Å². The van der Waals surface area contributed by atoms with Crippen molar-refractivity contribution in [3.05, 3.63) is 29.8 Å². The number of nitrogens with zero attached hydrogens (tertiary/aromatic N) is 1. The molecule has 0 heterocycles. The molecule has 2 aliphatic carbocycles. The van der Waals surface area contributed by atoms with Crippen LogP contribution >= 0.6 is 0 Å². The van der Waals surface area contributed by atoms with Gasteiger partial charge in [-0.05, 0) is 48.6 Å². The van der Waals surface area contributed by atoms with Gasteiger partial charge in [0.25, 0.3) is 0 Å². The number of amides is 1. The minimum Gasteiger partial charge on any atom is -0.398 e. The normalized spacial score (nSPS) is 27.4. The van der Waals surface area contributed by atoms with Crippen molar-refractivity contribution in [3.63, 3.8) is 0 Å². The van der Waals surface area contributed by atoms with E-state index in [2.05, 4.69) is 4.90 Å². The summed E-state index contributed by atoms with van der Waals surface area (Å²) in [6.07, 6.45) is 5.49. The third-order valence-electron chi connectivity index (χ3n) is 5.21. The Morgan fingerprint density at radius 1 is 1.24 bits per heavy atom. The molecule has 3 unspecified atom stereocenters. The van der Waals surface area contributed by atoms with E-state index in [1.807, 2.05) is 24.3 Å². The molecule has 0 aromatic heterocycles. The number of benzene rings is 1. The summed E-state index contributed by atoms with van der Waals surface area (Å²) in [5.74, 6) is 2.26. The lowest BCUT2D eigenvalue weighted by Gasteiger charge is -2.29. The molecule has 0 spiro atoms. The lowest BCUT2D eigenvalue weighted by molar-refractivity contribution is -0.119. The molecule has 2 bridgehead atoms. The zero-order valence-corrected chi connectivity index (χ0v) is 12.5. The maximum absolute atomic E-state index is 11.4. The molecule has 3 rings (SSSR count). The fourth-order valence-electron chi connectivity index (χ4n) is 4.26. The quantitative estimate of drug-likeness (QED) is 0.786. The van der Waals surface area contributed by atoms with Gasteiger partial charge in [-0.15, -0.1) is 0 Å². The summed E-state index contributed by atoms with van der Waals surface area (Å²) in [7, 11) is 0. The summed E-state index contributed by atoms with van der Waals surface area (Å²) < 4.78 is 0. The molecule has 0 aliphatic heterocycles. The molecular weight excluding hydrogens is 262 g/mol. The van der Waals surface area contributed by atoms with Gasteiger partial charge in [0.05, 0.1) is 6.54 Å². The predicted octanol–water partition coefficient (Wildman–Crippen LogP) is 1.99. The van der Waals surface area contributed by atoms with Crippen molar-refractivity contribution in [2.75, 3.05) is 18.8 Å². The largest absolute Gasteiger partial charge is 0.398 e. The van der Waals surface area contributed by atoms with Crippen LogP contribution in [-0.2, 0) is 11.3 Å². The molecule has 3 atom stereocenters. The summed E-state index contributed by atoms with van der Waals surface area (Å²) in [6.45, 7) is 2.00. The lowest BCUT2D eigenvalue weighted by atomic mass is 9.88. The number of nitrogens with two attached hydrogens (primary N) is 2. The Labute approximate surface area is 126 Å². The number of para-hydroxylation sites is 1. The second kappa shape index (κ2) is 6.06. The lowest BCUT2D eigenvalue weighted by Crippen LogP contribution is -2.38. The van der Waals surface area contributed by atoms with Crippen LogP contribution in [0.15, 0.2) is 24.3 Å². The molecule has 1 aromatic rings. The minimum atomic E-state index is -0.257. The van der Waals surface area contributed by atoms with E-state index in [0.29, 0.717) is 13.1 Å². The maximum Gasteiger partial charge on any atom is 0.231 e. The van der Waals surface area contributed by atoms with Crippen molar-refractivity contribution < 1.29 is 4.79 Å². The average Bonchev–Trinajstić information content (AvgIpc) is 3.03. The van der Waals surface area contributed by atoms with Gasteiger partial charge >= 0.3 is 0 Å². The molecule has 2 saturated carbocycles. The number of carbonyl (C=O) groups is 1. The highest BCUT2D eigenvalue weighted by atomic mass is 16.1. The van der Waals surface area contributed by atoms with Crippen LogP contribution in [0.1, 0.15) is 31.2 Å². The first-order chi connectivity index (χ1) is 10.1. The number of nitrogen functional groups attached to an aromatic ring is 1. The van der Waals surface area contributed by atoms with Gasteiger partial charge in [-0.1, -0.05) is 24.6 Å². The van der Waals surface area contributed by atoms with Gasteiger partial charge in [0, 0.05) is 18.8 Å². The van der Waals surface area contributed by atoms with Gasteiger partial charge in [-0.3, -0.25) is 9.69 Å². The summed E-state index contributed by atoms with van der Waals surface area (Å²) in [4.78, 5) is 13.5. The Hall–Kier alpha value is -1.55. The van der Waals surface area contributed by atoms with Crippen molar-refractivity contribution in [1.82, 2.24) is 4.90 Å². The molecule has 1 amide bonds. The Morgan fingerprint density at radius 2 is 2.05 bits per heavy atom. The van der Waals surface area contributed by atoms with Gasteiger partial charge in [0.15, 0.2) is 0 Å². The third kappa shape index (κ3) is 3.38. The fourth-order valence-corrected chi connectivity index (χ4v) is 4.26. The van der Waals surface area contributed by atoms with Crippen LogP contribution in [-0.4, -0.2) is 23.9 Å². The molecule has 0 saturated heterocycles. The van der Waals surface area contributed by atoms with Crippen molar-refractivity contribution in [1.29, 1.82) is 0 Å². The second-order valence-electron chi connectivity index (χ2n) is 6.77. The highest BCUT2D eigenvalue weighted by Gasteiger charge is 2.40. The zero-order chi connectivity index (χ0) is 14.8. The van der Waals surface area contributed by atoms with Crippen LogP contribution < -0.4 is 11.5 Å². The van der Waals surface area contributed by atoms with Gasteiger partial charge in [-0.2, -0.15) is 0 Å². The van der Waals surface area contributed by atoms with Crippen LogP contribution in [0.4, 0.5) is 5.69 Å². The molecule has 0 radical (unpaired) electrons. The Morgan fingerprint density at radius 3 is 2.67 bits per heavy atom. The van der Waals surface area contributed by atoms with Crippen molar-refractivity contribution in [3.8, 4) is 0 Å². The first-order valence-corrected chi connectivity index (χ1v) is 7.96. The highest BCUT2D eigenvalue weighted by Crippen LogP contribution is 2.48. The van der Waals surface area contributed by atoms with E-state index in [4.69, 9.17) is 11.5 Å². The van der Waals surface area contributed by atoms with E-state index in [0.717, 1.165) is 35.5 Å². The maximum atomic E-state index is 11.4. The van der Waals surface area contributed by atoms with Crippen LogP contribution in [0.5, 0.6) is 0 Å². The number of hydrogen-bond donors (Lipinski definition) is 2. The Bertz CT molecular complexity index is 517. The minimum absolute atomic E-state index is 0.257. The third-order valence-corrected chi connectivity index (χ3v) is 5.21. The molecule has 2 fully saturated rings. The SMILES string of the molecule is NC(=O)CN(Cc1ccccc1N)CC1CC2CCC1C2. The van der Waals surface area contributed by atoms with Crippen LogP contribution in [0.3, 0.4) is 0 Å². The molecule has 2 aliphatic rings. The fraction of sp³-hybridized carbons (Fsp3) is 0.588. The number of rotatable bonds is 6. The number of anilines is 1. The summed E-state index contributed by atoms with van der Waals surface area (Å²) in [5.41, 5.74) is 13.3. The summed E-state index contributed by atoms with van der Waals surface area (Å²) in [5, 5.41) is 0. The number of hydrogen-bond acceptors (Lipinski definition) is 3. The van der Waals surface area contributed by atoms with E-state index in [9.17, 15) is 4.79 Å². The van der Waals surface area contributed by atoms with Crippen LogP contribution in [0, 0.1) is 17.8 Å². The first kappa shape index (κ1) is 14.4. The summed E-state index contributed by atoms with van der Waals surface area (Å²) in [6, 6.07) is 7.87. The molecule has 21 heavy (non-hydrogen) atoms. The smallest absolute Gasteiger partial charge is 0.231 e. The van der Waals surface area contributed by atoms with Crippen LogP contribution in [0.25, 0.3) is 0 Å². The number of fused-ring (bicyclic) bond motifs is 2. The molecule has 4 heteroatoms.